The number of nitro benzene ring substituents is 1. The molecule has 0 atom stereocenters. The smallest absolute Gasteiger partial charge is 0.270 e. The predicted molar refractivity (Wildman–Crippen MR) is 99.4 cm³/mol. The van der Waals surface area contributed by atoms with Crippen molar-refractivity contribution in [2.75, 3.05) is 39.3 Å². The number of nitro groups is 1. The molecular weight excluding hydrogens is 370 g/mol. The molecule has 3 rings (SSSR count). The first-order valence-electron chi connectivity index (χ1n) is 8.73. The minimum absolute atomic E-state index is 0.0347. The largest absolute Gasteiger partial charge is 0.488 e. The number of para-hydroxylation sites is 1. The molecule has 0 aromatic heterocycles. The Kier molecular flexibility index (Phi) is 6.04. The van der Waals surface area contributed by atoms with Gasteiger partial charge >= 0.3 is 0 Å². The van der Waals surface area contributed by atoms with Gasteiger partial charge in [-0.05, 0) is 18.2 Å². The van der Waals surface area contributed by atoms with Crippen LogP contribution < -0.4 is 9.64 Å². The number of nitrogens with one attached hydrogen (secondary N) is 1. The lowest BCUT2D eigenvalue weighted by Gasteiger charge is -2.31. The first kappa shape index (κ1) is 19.3. The van der Waals surface area contributed by atoms with Gasteiger partial charge in [-0.3, -0.25) is 10.1 Å². The van der Waals surface area contributed by atoms with E-state index in [0.717, 1.165) is 18.4 Å². The first-order valence-corrected chi connectivity index (χ1v) is 10.2. The molecule has 1 aliphatic rings. The van der Waals surface area contributed by atoms with Gasteiger partial charge in [0, 0.05) is 12.1 Å². The van der Waals surface area contributed by atoms with Crippen LogP contribution in [-0.4, -0.2) is 57.0 Å². The second-order valence-corrected chi connectivity index (χ2v) is 8.26. The molecule has 1 saturated heterocycles. The highest BCUT2D eigenvalue weighted by Crippen LogP contribution is 2.20. The maximum Gasteiger partial charge on any atom is 0.270 e. The molecule has 144 valence electrons. The number of piperazine rings is 1. The fourth-order valence-electron chi connectivity index (χ4n) is 3.03. The number of rotatable bonds is 7. The normalized spacial score (nSPS) is 16.1. The Bertz CT molecular complexity index is 881. The summed E-state index contributed by atoms with van der Waals surface area (Å²) in [6.45, 7) is 3.46. The van der Waals surface area contributed by atoms with Crippen LogP contribution in [0.15, 0.2) is 59.5 Å². The summed E-state index contributed by atoms with van der Waals surface area (Å²) >= 11 is 0. The molecule has 1 fully saturated rings. The highest BCUT2D eigenvalue weighted by molar-refractivity contribution is 7.89. The second kappa shape index (κ2) is 8.47. The van der Waals surface area contributed by atoms with Crippen LogP contribution in [-0.2, 0) is 10.0 Å². The third-order valence-electron chi connectivity index (χ3n) is 4.56. The summed E-state index contributed by atoms with van der Waals surface area (Å²) in [5, 5.41) is 10.9. The number of quaternary nitrogens is 1. The van der Waals surface area contributed by atoms with Crippen LogP contribution in [0.4, 0.5) is 5.69 Å². The molecule has 0 saturated carbocycles. The fraction of sp³-hybridized carbons (Fsp3) is 0.333. The monoisotopic (exact) mass is 392 g/mol. The van der Waals surface area contributed by atoms with E-state index in [1.54, 1.807) is 0 Å². The number of hydrogen-bond acceptors (Lipinski definition) is 5. The zero-order chi connectivity index (χ0) is 19.3. The maximum absolute atomic E-state index is 12.7. The number of sulfonamides is 1. The molecule has 0 radical (unpaired) electrons. The van der Waals surface area contributed by atoms with Gasteiger partial charge in [0.1, 0.15) is 18.9 Å². The number of hydrogen-bond donors (Lipinski definition) is 1. The van der Waals surface area contributed by atoms with Crippen molar-refractivity contribution in [3.8, 4) is 5.75 Å². The van der Waals surface area contributed by atoms with Gasteiger partial charge < -0.3 is 9.64 Å². The van der Waals surface area contributed by atoms with Crippen molar-refractivity contribution in [1.82, 2.24) is 4.31 Å². The van der Waals surface area contributed by atoms with E-state index in [4.69, 9.17) is 4.74 Å². The molecule has 9 heteroatoms. The van der Waals surface area contributed by atoms with Gasteiger partial charge in [0.2, 0.25) is 10.0 Å². The van der Waals surface area contributed by atoms with Gasteiger partial charge in [-0.15, -0.1) is 0 Å². The summed E-state index contributed by atoms with van der Waals surface area (Å²) in [6, 6.07) is 14.8. The summed E-state index contributed by atoms with van der Waals surface area (Å²) < 4.78 is 32.6. The van der Waals surface area contributed by atoms with Crippen LogP contribution in [0.2, 0.25) is 0 Å². The number of non-ortho nitro benzene ring substituents is 1. The van der Waals surface area contributed by atoms with Crippen LogP contribution in [0, 0.1) is 10.1 Å². The zero-order valence-electron chi connectivity index (χ0n) is 14.8. The van der Waals surface area contributed by atoms with Gasteiger partial charge in [-0.25, -0.2) is 8.42 Å². The summed E-state index contributed by atoms with van der Waals surface area (Å²) in [4.78, 5) is 11.5. The van der Waals surface area contributed by atoms with Crippen molar-refractivity contribution < 1.29 is 23.0 Å². The molecule has 0 aliphatic carbocycles. The number of ether oxygens (including phenoxy) is 1. The molecule has 27 heavy (non-hydrogen) atoms. The van der Waals surface area contributed by atoms with Crippen molar-refractivity contribution in [2.45, 2.75) is 4.90 Å². The Morgan fingerprint density at radius 2 is 1.78 bits per heavy atom. The van der Waals surface area contributed by atoms with Crippen LogP contribution in [0.25, 0.3) is 0 Å². The summed E-state index contributed by atoms with van der Waals surface area (Å²) in [7, 11) is -3.72. The first-order chi connectivity index (χ1) is 13.0. The molecule has 0 unspecified atom stereocenters. The zero-order valence-corrected chi connectivity index (χ0v) is 15.6. The second-order valence-electron chi connectivity index (χ2n) is 6.32. The average molecular weight is 392 g/mol. The molecule has 0 spiro atoms. The third kappa shape index (κ3) is 4.82. The molecule has 2 aromatic rings. The summed E-state index contributed by atoms with van der Waals surface area (Å²) in [5.74, 6) is 0.823. The van der Waals surface area contributed by atoms with Gasteiger partial charge in [0.05, 0.1) is 36.0 Å². The van der Waals surface area contributed by atoms with Gasteiger partial charge in [0.25, 0.3) is 5.69 Å². The lowest BCUT2D eigenvalue weighted by molar-refractivity contribution is -0.903. The van der Waals surface area contributed by atoms with E-state index < -0.39 is 14.9 Å². The molecule has 1 N–H and O–H groups in total. The molecule has 8 nitrogen and oxygen atoms in total. The van der Waals surface area contributed by atoms with Crippen LogP contribution in [0.1, 0.15) is 0 Å². The van der Waals surface area contributed by atoms with Crippen molar-refractivity contribution >= 4 is 15.7 Å². The molecule has 1 heterocycles. The Hall–Kier alpha value is -2.49. The van der Waals surface area contributed by atoms with E-state index in [1.165, 1.54) is 27.4 Å². The molecule has 0 bridgehead atoms. The topological polar surface area (TPSA) is 94.2 Å². The van der Waals surface area contributed by atoms with Crippen LogP contribution in [0.3, 0.4) is 0 Å². The quantitative estimate of drug-likeness (QED) is 0.549. The van der Waals surface area contributed by atoms with Crippen molar-refractivity contribution in [3.05, 3.63) is 64.7 Å². The maximum atomic E-state index is 12.7. The van der Waals surface area contributed by atoms with E-state index >= 15 is 0 Å². The molecule has 0 amide bonds. The Morgan fingerprint density at radius 3 is 2.44 bits per heavy atom. The van der Waals surface area contributed by atoms with Gasteiger partial charge in [-0.1, -0.05) is 24.3 Å². The lowest BCUT2D eigenvalue weighted by atomic mass is 10.3. The molecule has 2 aromatic carbocycles. The van der Waals surface area contributed by atoms with E-state index in [-0.39, 0.29) is 10.6 Å². The number of benzene rings is 2. The van der Waals surface area contributed by atoms with Crippen LogP contribution >= 0.6 is 0 Å². The SMILES string of the molecule is O=[N+]([O-])c1cccc(S(=O)(=O)N2CC[NH+](CCOc3ccccc3)CC2)c1. The van der Waals surface area contributed by atoms with Crippen molar-refractivity contribution in [2.24, 2.45) is 0 Å². The molecule has 1 aliphatic heterocycles. The Balaban J connectivity index is 1.53. The Morgan fingerprint density at radius 1 is 1.07 bits per heavy atom. The van der Waals surface area contributed by atoms with E-state index in [2.05, 4.69) is 0 Å². The summed E-state index contributed by atoms with van der Waals surface area (Å²) in [6.07, 6.45) is 0. The van der Waals surface area contributed by atoms with Gasteiger partial charge in [0.15, 0.2) is 0 Å². The van der Waals surface area contributed by atoms with E-state index in [1.807, 2.05) is 30.3 Å². The van der Waals surface area contributed by atoms with E-state index in [9.17, 15) is 18.5 Å². The average Bonchev–Trinajstić information content (AvgIpc) is 2.69. The number of nitrogens with zero attached hydrogens (tertiary/aromatic N) is 2. The van der Waals surface area contributed by atoms with E-state index in [0.29, 0.717) is 32.8 Å². The van der Waals surface area contributed by atoms with Crippen LogP contribution in [0.5, 0.6) is 5.75 Å². The predicted octanol–water partition coefficient (Wildman–Crippen LogP) is 0.563. The minimum Gasteiger partial charge on any atom is -0.488 e. The van der Waals surface area contributed by atoms with Gasteiger partial charge in [-0.2, -0.15) is 4.31 Å². The highest BCUT2D eigenvalue weighted by atomic mass is 32.2. The fourth-order valence-corrected chi connectivity index (χ4v) is 4.51. The standard InChI is InChI=1S/C18H21N3O5S/c22-21(23)16-5-4-8-18(15-16)27(24,25)20-11-9-19(10-12-20)13-14-26-17-6-2-1-3-7-17/h1-8,15H,9-14H2/p+1. The van der Waals surface area contributed by atoms with Crippen molar-refractivity contribution in [3.63, 3.8) is 0 Å². The highest BCUT2D eigenvalue weighted by Gasteiger charge is 2.31. The van der Waals surface area contributed by atoms with Crippen molar-refractivity contribution in [1.29, 1.82) is 0 Å². The third-order valence-corrected chi connectivity index (χ3v) is 6.46. The lowest BCUT2D eigenvalue weighted by Crippen LogP contribution is -3.15. The molecular formula is C18H22N3O5S+. The minimum atomic E-state index is -3.72. The summed E-state index contributed by atoms with van der Waals surface area (Å²) in [5.41, 5.74) is -0.224. The Labute approximate surface area is 158 Å².